The zero-order valence-electron chi connectivity index (χ0n) is 12.3. The minimum atomic E-state index is 0.564. The summed E-state index contributed by atoms with van der Waals surface area (Å²) >= 11 is 0. The van der Waals surface area contributed by atoms with Gasteiger partial charge in [0, 0.05) is 19.3 Å². The average Bonchev–Trinajstić information content (AvgIpc) is 3.16. The van der Waals surface area contributed by atoms with E-state index < -0.39 is 0 Å². The molecule has 1 N–H and O–H groups in total. The van der Waals surface area contributed by atoms with E-state index in [4.69, 9.17) is 0 Å². The van der Waals surface area contributed by atoms with Gasteiger partial charge >= 0.3 is 0 Å². The molecule has 3 heteroatoms. The Balaban J connectivity index is 1.66. The molecule has 0 saturated heterocycles. The molecule has 20 heavy (non-hydrogen) atoms. The fourth-order valence-electron chi connectivity index (χ4n) is 3.21. The van der Waals surface area contributed by atoms with Crippen LogP contribution < -0.4 is 5.32 Å². The van der Waals surface area contributed by atoms with Gasteiger partial charge in [-0.2, -0.15) is 5.10 Å². The highest BCUT2D eigenvalue weighted by Gasteiger charge is 2.43. The highest BCUT2D eigenvalue weighted by Crippen LogP contribution is 2.50. The molecule has 1 aliphatic rings. The lowest BCUT2D eigenvalue weighted by Crippen LogP contribution is -2.33. The highest BCUT2D eigenvalue weighted by atomic mass is 15.2. The molecule has 1 heterocycles. The second-order valence-corrected chi connectivity index (χ2v) is 5.81. The molecular weight excluding hydrogens is 246 g/mol. The van der Waals surface area contributed by atoms with Crippen LogP contribution in [0.4, 0.5) is 0 Å². The third-order valence-corrected chi connectivity index (χ3v) is 4.26. The van der Waals surface area contributed by atoms with E-state index >= 15 is 0 Å². The number of hydrogen-bond acceptors (Lipinski definition) is 2. The first-order valence-corrected chi connectivity index (χ1v) is 7.53. The Kier molecular flexibility index (Phi) is 3.88. The second kappa shape index (κ2) is 5.80. The molecule has 0 bridgehead atoms. The van der Waals surface area contributed by atoms with Crippen LogP contribution in [0, 0.1) is 5.92 Å². The molecule has 2 aromatic rings. The van der Waals surface area contributed by atoms with Crippen LogP contribution in [0.5, 0.6) is 0 Å². The lowest BCUT2D eigenvalue weighted by Gasteiger charge is -2.17. The van der Waals surface area contributed by atoms with Crippen LogP contribution in [-0.4, -0.2) is 22.4 Å². The number of aromatic nitrogens is 2. The van der Waals surface area contributed by atoms with Crippen LogP contribution in [0.25, 0.3) is 0 Å². The lowest BCUT2D eigenvalue weighted by molar-refractivity contribution is 0.464. The summed E-state index contributed by atoms with van der Waals surface area (Å²) in [5, 5.41) is 7.94. The van der Waals surface area contributed by atoms with Crippen LogP contribution in [0.15, 0.2) is 42.7 Å². The van der Waals surface area contributed by atoms with Crippen molar-refractivity contribution in [3.05, 3.63) is 53.9 Å². The average molecular weight is 269 g/mol. The van der Waals surface area contributed by atoms with Gasteiger partial charge in [0.1, 0.15) is 0 Å². The summed E-state index contributed by atoms with van der Waals surface area (Å²) in [7, 11) is 1.98. The van der Waals surface area contributed by atoms with E-state index in [1.54, 1.807) is 0 Å². The Morgan fingerprint density at radius 3 is 2.80 bits per heavy atom. The Bertz CT molecular complexity index is 546. The topological polar surface area (TPSA) is 29.9 Å². The minimum absolute atomic E-state index is 0.564. The number of rotatable bonds is 6. The second-order valence-electron chi connectivity index (χ2n) is 5.81. The first-order chi connectivity index (χ1) is 9.78. The van der Waals surface area contributed by atoms with E-state index in [1.165, 1.54) is 17.5 Å². The number of hydrogen-bond donors (Lipinski definition) is 1. The van der Waals surface area contributed by atoms with Crippen LogP contribution in [0.1, 0.15) is 30.4 Å². The summed E-state index contributed by atoms with van der Waals surface area (Å²) in [6.07, 6.45) is 6.51. The summed E-state index contributed by atoms with van der Waals surface area (Å²) in [4.78, 5) is 0. The summed E-state index contributed by atoms with van der Waals surface area (Å²) in [5.74, 6) is 1.49. The van der Waals surface area contributed by atoms with Gasteiger partial charge in [0.05, 0.1) is 6.20 Å². The number of nitrogens with zero attached hydrogens (tertiary/aromatic N) is 2. The number of likely N-dealkylation sites (N-methyl/N-ethyl adjacent to an activating group) is 1. The van der Waals surface area contributed by atoms with E-state index in [2.05, 4.69) is 53.9 Å². The van der Waals surface area contributed by atoms with Gasteiger partial charge < -0.3 is 5.32 Å². The molecule has 3 nitrogen and oxygen atoms in total. The van der Waals surface area contributed by atoms with Crippen molar-refractivity contribution < 1.29 is 0 Å². The molecule has 0 spiro atoms. The normalized spacial score (nSPS) is 22.7. The lowest BCUT2D eigenvalue weighted by atomic mass is 10.0. The van der Waals surface area contributed by atoms with Crippen LogP contribution in [-0.2, 0) is 13.5 Å². The first-order valence-electron chi connectivity index (χ1n) is 7.53. The van der Waals surface area contributed by atoms with E-state index in [9.17, 15) is 0 Å². The van der Waals surface area contributed by atoms with Gasteiger partial charge in [0.15, 0.2) is 0 Å². The molecule has 1 aromatic carbocycles. The Hall–Kier alpha value is -1.61. The van der Waals surface area contributed by atoms with Crippen LogP contribution in [0.2, 0.25) is 0 Å². The van der Waals surface area contributed by atoms with Gasteiger partial charge in [-0.15, -0.1) is 0 Å². The quantitative estimate of drug-likeness (QED) is 0.874. The number of nitrogens with one attached hydrogen (secondary N) is 1. The van der Waals surface area contributed by atoms with Crippen molar-refractivity contribution in [3.8, 4) is 0 Å². The number of benzene rings is 1. The van der Waals surface area contributed by atoms with Gasteiger partial charge in [-0.25, -0.2) is 0 Å². The molecular formula is C17H23N3. The van der Waals surface area contributed by atoms with Gasteiger partial charge in [0.25, 0.3) is 0 Å². The van der Waals surface area contributed by atoms with Gasteiger partial charge in [-0.3, -0.25) is 4.68 Å². The molecule has 0 aliphatic heterocycles. The van der Waals surface area contributed by atoms with Crippen molar-refractivity contribution in [2.45, 2.75) is 31.7 Å². The Morgan fingerprint density at radius 1 is 1.35 bits per heavy atom. The molecule has 0 radical (unpaired) electrons. The monoisotopic (exact) mass is 269 g/mol. The molecule has 1 fully saturated rings. The fourth-order valence-corrected chi connectivity index (χ4v) is 3.21. The van der Waals surface area contributed by atoms with Crippen LogP contribution in [0.3, 0.4) is 0 Å². The maximum absolute atomic E-state index is 4.28. The van der Waals surface area contributed by atoms with E-state index in [0.717, 1.165) is 24.8 Å². The van der Waals surface area contributed by atoms with E-state index in [0.29, 0.717) is 6.04 Å². The van der Waals surface area contributed by atoms with Crippen molar-refractivity contribution in [1.29, 1.82) is 0 Å². The Morgan fingerprint density at radius 2 is 2.15 bits per heavy atom. The van der Waals surface area contributed by atoms with Crippen molar-refractivity contribution in [1.82, 2.24) is 15.1 Å². The predicted molar refractivity (Wildman–Crippen MR) is 81.7 cm³/mol. The molecule has 1 aromatic heterocycles. The van der Waals surface area contributed by atoms with Crippen molar-refractivity contribution in [2.75, 3.05) is 6.54 Å². The molecule has 1 saturated carbocycles. The standard InChI is InChI=1S/C17H23N3/c1-3-18-17(9-13-11-19-20(2)12-13)16-10-15(16)14-7-5-4-6-8-14/h4-8,11-12,15-18H,3,9-10H2,1-2H3. The van der Waals surface area contributed by atoms with E-state index in [-0.39, 0.29) is 0 Å². The molecule has 3 atom stereocenters. The molecule has 0 amide bonds. The fraction of sp³-hybridized carbons (Fsp3) is 0.471. The summed E-state index contributed by atoms with van der Waals surface area (Å²) < 4.78 is 1.89. The third-order valence-electron chi connectivity index (χ3n) is 4.26. The third kappa shape index (κ3) is 2.93. The van der Waals surface area contributed by atoms with Gasteiger partial charge in [-0.1, -0.05) is 37.3 Å². The zero-order valence-corrected chi connectivity index (χ0v) is 12.3. The molecule has 1 aliphatic carbocycles. The highest BCUT2D eigenvalue weighted by molar-refractivity contribution is 5.27. The van der Waals surface area contributed by atoms with Gasteiger partial charge in [-0.05, 0) is 42.3 Å². The number of aryl methyl sites for hydroxylation is 1. The summed E-state index contributed by atoms with van der Waals surface area (Å²) in [6.45, 7) is 3.22. The van der Waals surface area contributed by atoms with Crippen molar-refractivity contribution >= 4 is 0 Å². The van der Waals surface area contributed by atoms with Crippen LogP contribution >= 0.6 is 0 Å². The van der Waals surface area contributed by atoms with Crippen molar-refractivity contribution in [2.24, 2.45) is 13.0 Å². The minimum Gasteiger partial charge on any atom is -0.314 e. The van der Waals surface area contributed by atoms with E-state index in [1.807, 2.05) is 17.9 Å². The summed E-state index contributed by atoms with van der Waals surface area (Å²) in [5.41, 5.74) is 2.82. The van der Waals surface area contributed by atoms with Gasteiger partial charge in [0.2, 0.25) is 0 Å². The largest absolute Gasteiger partial charge is 0.314 e. The molecule has 3 rings (SSSR count). The predicted octanol–water partition coefficient (Wildman–Crippen LogP) is 2.74. The smallest absolute Gasteiger partial charge is 0.0522 e. The Labute approximate surface area is 121 Å². The first kappa shape index (κ1) is 13.4. The zero-order chi connectivity index (χ0) is 13.9. The molecule has 3 unspecified atom stereocenters. The maximum Gasteiger partial charge on any atom is 0.0522 e. The maximum atomic E-state index is 4.28. The SMILES string of the molecule is CCNC(Cc1cnn(C)c1)C1CC1c1ccccc1. The van der Waals surface area contributed by atoms with Crippen molar-refractivity contribution in [3.63, 3.8) is 0 Å². The summed E-state index contributed by atoms with van der Waals surface area (Å²) in [6, 6.07) is 11.5. The molecule has 106 valence electrons.